The second-order valence-electron chi connectivity index (χ2n) is 5.08. The minimum atomic E-state index is -1.04. The molecule has 0 aliphatic carbocycles. The maximum atomic E-state index is 12.1. The third-order valence-corrected chi connectivity index (χ3v) is 3.48. The number of hydrogen-bond donors (Lipinski definition) is 3. The van der Waals surface area contributed by atoms with Gasteiger partial charge in [0.25, 0.3) is 5.91 Å². The van der Waals surface area contributed by atoms with E-state index < -0.39 is 17.9 Å². The maximum absolute atomic E-state index is 12.1. The Balaban J connectivity index is 2.04. The van der Waals surface area contributed by atoms with Crippen LogP contribution in [0.5, 0.6) is 0 Å². The van der Waals surface area contributed by atoms with Gasteiger partial charge in [0.1, 0.15) is 6.04 Å². The number of rotatable bonds is 6. The lowest BCUT2D eigenvalue weighted by molar-refractivity contribution is -0.139. The number of urea groups is 1. The van der Waals surface area contributed by atoms with Crippen molar-refractivity contribution in [3.05, 3.63) is 29.8 Å². The molecule has 118 valence electrons. The molecule has 22 heavy (non-hydrogen) atoms. The monoisotopic (exact) mass is 305 g/mol. The van der Waals surface area contributed by atoms with Gasteiger partial charge in [-0.05, 0) is 30.7 Å². The number of nitrogens with zero attached hydrogens (tertiary/aromatic N) is 1. The van der Waals surface area contributed by atoms with Gasteiger partial charge in [-0.15, -0.1) is 0 Å². The van der Waals surface area contributed by atoms with Crippen molar-refractivity contribution in [1.29, 1.82) is 0 Å². The summed E-state index contributed by atoms with van der Waals surface area (Å²) in [4.78, 5) is 36.3. The molecule has 1 aliphatic heterocycles. The van der Waals surface area contributed by atoms with Gasteiger partial charge < -0.3 is 15.7 Å². The summed E-state index contributed by atoms with van der Waals surface area (Å²) in [6.07, 6.45) is 1.05. The molecule has 0 spiro atoms. The molecule has 3 N–H and O–H groups in total. The van der Waals surface area contributed by atoms with Gasteiger partial charge in [0.2, 0.25) is 0 Å². The summed E-state index contributed by atoms with van der Waals surface area (Å²) in [5.41, 5.74) is 1.07. The van der Waals surface area contributed by atoms with Gasteiger partial charge in [-0.1, -0.05) is 13.3 Å². The maximum Gasteiger partial charge on any atom is 0.326 e. The molecule has 1 fully saturated rings. The lowest BCUT2D eigenvalue weighted by atomic mass is 10.1. The molecule has 0 aromatic heterocycles. The van der Waals surface area contributed by atoms with Crippen molar-refractivity contribution in [2.24, 2.45) is 0 Å². The van der Waals surface area contributed by atoms with Crippen LogP contribution in [0.25, 0.3) is 0 Å². The number of carbonyl (C=O) groups excluding carboxylic acids is 2. The summed E-state index contributed by atoms with van der Waals surface area (Å²) in [6, 6.07) is 5.47. The summed E-state index contributed by atoms with van der Waals surface area (Å²) in [7, 11) is 0. The van der Waals surface area contributed by atoms with Crippen molar-refractivity contribution in [3.8, 4) is 0 Å². The van der Waals surface area contributed by atoms with Crippen LogP contribution in [0.2, 0.25) is 0 Å². The van der Waals surface area contributed by atoms with Crippen molar-refractivity contribution < 1.29 is 19.5 Å². The van der Waals surface area contributed by atoms with Crippen LogP contribution in [0.3, 0.4) is 0 Å². The molecule has 3 amide bonds. The molecule has 1 heterocycles. The number of benzene rings is 1. The Morgan fingerprint density at radius 2 is 2.05 bits per heavy atom. The molecule has 0 bridgehead atoms. The highest BCUT2D eigenvalue weighted by atomic mass is 16.4. The smallest absolute Gasteiger partial charge is 0.326 e. The van der Waals surface area contributed by atoms with Gasteiger partial charge in [-0.2, -0.15) is 0 Å². The minimum Gasteiger partial charge on any atom is -0.480 e. The van der Waals surface area contributed by atoms with E-state index >= 15 is 0 Å². The average molecular weight is 305 g/mol. The Labute approximate surface area is 128 Å². The summed E-state index contributed by atoms with van der Waals surface area (Å²) >= 11 is 0. The first kappa shape index (κ1) is 15.8. The molecule has 2 rings (SSSR count). The van der Waals surface area contributed by atoms with Crippen molar-refractivity contribution >= 4 is 23.6 Å². The van der Waals surface area contributed by atoms with Crippen LogP contribution in [0.1, 0.15) is 30.1 Å². The first-order valence-corrected chi connectivity index (χ1v) is 7.22. The van der Waals surface area contributed by atoms with E-state index in [4.69, 9.17) is 5.11 Å². The Morgan fingerprint density at radius 3 is 2.55 bits per heavy atom. The van der Waals surface area contributed by atoms with E-state index in [1.54, 1.807) is 29.2 Å². The molecule has 1 unspecified atom stereocenters. The van der Waals surface area contributed by atoms with Crippen LogP contribution >= 0.6 is 0 Å². The highest BCUT2D eigenvalue weighted by molar-refractivity contribution is 5.98. The molecule has 1 aromatic rings. The van der Waals surface area contributed by atoms with E-state index in [2.05, 4.69) is 10.6 Å². The van der Waals surface area contributed by atoms with Crippen molar-refractivity contribution in [2.45, 2.75) is 25.8 Å². The summed E-state index contributed by atoms with van der Waals surface area (Å²) in [6.45, 7) is 3.04. The fraction of sp³-hybridized carbons (Fsp3) is 0.400. The Kier molecular flexibility index (Phi) is 4.98. The lowest BCUT2D eigenvalue weighted by Crippen LogP contribution is -2.40. The average Bonchev–Trinajstić information content (AvgIpc) is 2.93. The van der Waals surface area contributed by atoms with Gasteiger partial charge in [0, 0.05) is 24.3 Å². The molecule has 7 heteroatoms. The van der Waals surface area contributed by atoms with Gasteiger partial charge >= 0.3 is 12.0 Å². The van der Waals surface area contributed by atoms with Crippen LogP contribution in [-0.4, -0.2) is 42.1 Å². The van der Waals surface area contributed by atoms with Crippen LogP contribution in [-0.2, 0) is 4.79 Å². The molecule has 1 aliphatic rings. The molecular formula is C15H19N3O4. The number of aliphatic carboxylic acids is 1. The third-order valence-electron chi connectivity index (χ3n) is 3.48. The van der Waals surface area contributed by atoms with E-state index in [1.807, 2.05) is 6.92 Å². The number of carboxylic acids is 1. The third kappa shape index (κ3) is 3.55. The predicted molar refractivity (Wildman–Crippen MR) is 81.0 cm³/mol. The van der Waals surface area contributed by atoms with Crippen molar-refractivity contribution in [2.75, 3.05) is 18.0 Å². The molecule has 7 nitrogen and oxygen atoms in total. The van der Waals surface area contributed by atoms with Crippen LogP contribution < -0.4 is 15.5 Å². The molecule has 1 aromatic carbocycles. The zero-order valence-electron chi connectivity index (χ0n) is 12.3. The zero-order valence-corrected chi connectivity index (χ0v) is 12.3. The lowest BCUT2D eigenvalue weighted by Gasteiger charge is -2.16. The van der Waals surface area contributed by atoms with Gasteiger partial charge in [0.05, 0.1) is 0 Å². The number of carboxylic acid groups (broad SMARTS) is 1. The first-order valence-electron chi connectivity index (χ1n) is 7.22. The predicted octanol–water partition coefficient (Wildman–Crippen LogP) is 1.20. The topological polar surface area (TPSA) is 98.7 Å². The van der Waals surface area contributed by atoms with Crippen LogP contribution in [0.15, 0.2) is 24.3 Å². The fourth-order valence-corrected chi connectivity index (χ4v) is 2.30. The van der Waals surface area contributed by atoms with E-state index in [9.17, 15) is 14.4 Å². The fourth-order valence-electron chi connectivity index (χ4n) is 2.30. The quantitative estimate of drug-likeness (QED) is 0.735. The Bertz CT molecular complexity index is 571. The minimum absolute atomic E-state index is 0.161. The Hall–Kier alpha value is -2.57. The highest BCUT2D eigenvalue weighted by Crippen LogP contribution is 2.17. The molecule has 0 radical (unpaired) electrons. The number of amides is 3. The van der Waals surface area contributed by atoms with Crippen LogP contribution in [0.4, 0.5) is 10.5 Å². The van der Waals surface area contributed by atoms with Gasteiger partial charge in [-0.3, -0.25) is 9.69 Å². The summed E-state index contributed by atoms with van der Waals surface area (Å²) < 4.78 is 0. The van der Waals surface area contributed by atoms with E-state index in [1.165, 1.54) is 0 Å². The largest absolute Gasteiger partial charge is 0.480 e. The second kappa shape index (κ2) is 6.93. The van der Waals surface area contributed by atoms with Gasteiger partial charge in [-0.25, -0.2) is 9.59 Å². The molecular weight excluding hydrogens is 286 g/mol. The normalized spacial score (nSPS) is 15.3. The standard InChI is InChI=1S/C15H19N3O4/c1-2-3-12(14(20)21)17-13(19)10-4-6-11(7-5-10)18-9-8-16-15(18)22/h4-7,12H,2-3,8-9H2,1H3,(H,16,22)(H,17,19)(H,20,21). The summed E-state index contributed by atoms with van der Waals surface area (Å²) in [5.74, 6) is -1.47. The Morgan fingerprint density at radius 1 is 1.36 bits per heavy atom. The van der Waals surface area contributed by atoms with Gasteiger partial charge in [0.15, 0.2) is 0 Å². The number of anilines is 1. The van der Waals surface area contributed by atoms with Crippen molar-refractivity contribution in [1.82, 2.24) is 10.6 Å². The molecule has 1 saturated heterocycles. The summed E-state index contributed by atoms with van der Waals surface area (Å²) in [5, 5.41) is 14.3. The number of carbonyl (C=O) groups is 3. The highest BCUT2D eigenvalue weighted by Gasteiger charge is 2.22. The molecule has 1 atom stereocenters. The number of nitrogens with one attached hydrogen (secondary N) is 2. The zero-order chi connectivity index (χ0) is 16.1. The van der Waals surface area contributed by atoms with Crippen molar-refractivity contribution in [3.63, 3.8) is 0 Å². The molecule has 0 saturated carbocycles. The van der Waals surface area contributed by atoms with E-state index in [0.29, 0.717) is 37.2 Å². The van der Waals surface area contributed by atoms with Crippen LogP contribution in [0, 0.1) is 0 Å². The number of hydrogen-bond acceptors (Lipinski definition) is 3. The van der Waals surface area contributed by atoms with E-state index in [0.717, 1.165) is 0 Å². The second-order valence-corrected chi connectivity index (χ2v) is 5.08. The van der Waals surface area contributed by atoms with E-state index in [-0.39, 0.29) is 6.03 Å². The first-order chi connectivity index (χ1) is 10.5. The SMILES string of the molecule is CCCC(NC(=O)c1ccc(N2CCNC2=O)cc1)C(=O)O.